The normalized spacial score (nSPS) is 9.00. The second-order valence-electron chi connectivity index (χ2n) is 2.45. The quantitative estimate of drug-likeness (QED) is 0.658. The molecule has 0 fully saturated rings. The highest BCUT2D eigenvalue weighted by atomic mass is 35.5. The van der Waals surface area contributed by atoms with Gasteiger partial charge in [0.1, 0.15) is 0 Å². The third kappa shape index (κ3) is 4.02. The van der Waals surface area contributed by atoms with Crippen LogP contribution in [0.25, 0.3) is 0 Å². The van der Waals surface area contributed by atoms with Crippen molar-refractivity contribution in [3.05, 3.63) is 33.8 Å². The molecule has 13 heavy (non-hydrogen) atoms. The molecule has 0 aromatic heterocycles. The van der Waals surface area contributed by atoms with Crippen LogP contribution in [0.5, 0.6) is 0 Å². The molecule has 0 N–H and O–H groups in total. The van der Waals surface area contributed by atoms with Gasteiger partial charge in [0.15, 0.2) is 0 Å². The number of rotatable bonds is 2. The highest BCUT2D eigenvalue weighted by Gasteiger charge is 2.02. The lowest BCUT2D eigenvalue weighted by molar-refractivity contribution is 0.922. The summed E-state index contributed by atoms with van der Waals surface area (Å²) in [7, 11) is 0. The van der Waals surface area contributed by atoms with Crippen molar-refractivity contribution in [2.24, 2.45) is 0 Å². The Balaban J connectivity index is 0.000000671. The van der Waals surface area contributed by atoms with E-state index >= 15 is 0 Å². The van der Waals surface area contributed by atoms with E-state index in [1.807, 2.05) is 32.0 Å². The van der Waals surface area contributed by atoms with E-state index < -0.39 is 0 Å². The lowest BCUT2D eigenvalue weighted by Crippen LogP contribution is -1.85. The Labute approximate surface area is 90.9 Å². The average molecular weight is 219 g/mol. The Hall–Kier alpha value is -0.200. The van der Waals surface area contributed by atoms with Crippen molar-refractivity contribution in [1.82, 2.24) is 0 Å². The smallest absolute Gasteiger partial charge is 0.0452 e. The molecule has 1 rings (SSSR count). The van der Waals surface area contributed by atoms with Crippen LogP contribution in [-0.4, -0.2) is 0 Å². The Bertz CT molecular complexity index is 224. The van der Waals surface area contributed by atoms with Crippen molar-refractivity contribution < 1.29 is 0 Å². The molecule has 0 aliphatic rings. The second-order valence-corrected chi connectivity index (χ2v) is 3.26. The van der Waals surface area contributed by atoms with Gasteiger partial charge in [-0.05, 0) is 24.1 Å². The van der Waals surface area contributed by atoms with Crippen LogP contribution >= 0.6 is 23.2 Å². The first-order chi connectivity index (χ1) is 6.25. The molecule has 0 spiro atoms. The van der Waals surface area contributed by atoms with E-state index in [0.717, 1.165) is 28.5 Å². The van der Waals surface area contributed by atoms with Gasteiger partial charge in [0.25, 0.3) is 0 Å². The molecule has 1 aromatic carbocycles. The van der Waals surface area contributed by atoms with Gasteiger partial charge >= 0.3 is 0 Å². The van der Waals surface area contributed by atoms with Crippen molar-refractivity contribution in [3.63, 3.8) is 0 Å². The first-order valence-electron chi connectivity index (χ1n) is 4.68. The maximum Gasteiger partial charge on any atom is 0.0452 e. The summed E-state index contributed by atoms with van der Waals surface area (Å²) in [6.45, 7) is 6.11. The predicted octanol–water partition coefficient (Wildman–Crippen LogP) is 4.97. The molecule has 74 valence electrons. The molecule has 0 radical (unpaired) electrons. The molecular weight excluding hydrogens is 203 g/mol. The van der Waals surface area contributed by atoms with E-state index in [0.29, 0.717) is 0 Å². The van der Waals surface area contributed by atoms with Crippen LogP contribution in [0.1, 0.15) is 32.8 Å². The fourth-order valence-corrected chi connectivity index (χ4v) is 1.61. The monoisotopic (exact) mass is 218 g/mol. The summed E-state index contributed by atoms with van der Waals surface area (Å²) in [5.74, 6) is 0. The van der Waals surface area contributed by atoms with Gasteiger partial charge in [-0.15, -0.1) is 0 Å². The van der Waals surface area contributed by atoms with Crippen molar-refractivity contribution in [2.45, 2.75) is 33.6 Å². The third-order valence-electron chi connectivity index (χ3n) is 1.56. The van der Waals surface area contributed by atoms with Crippen LogP contribution in [0.15, 0.2) is 18.2 Å². The summed E-state index contributed by atoms with van der Waals surface area (Å²) >= 11 is 11.8. The Morgan fingerprint density at radius 2 is 1.54 bits per heavy atom. The largest absolute Gasteiger partial charge is 0.0840 e. The molecule has 0 aliphatic carbocycles. The summed E-state index contributed by atoms with van der Waals surface area (Å²) in [6, 6.07) is 5.61. The summed E-state index contributed by atoms with van der Waals surface area (Å²) in [6.07, 6.45) is 2.03. The van der Waals surface area contributed by atoms with Gasteiger partial charge in [-0.1, -0.05) is 56.5 Å². The Kier molecular flexibility index (Phi) is 7.12. The maximum absolute atomic E-state index is 5.92. The highest BCUT2D eigenvalue weighted by molar-refractivity contribution is 6.35. The van der Waals surface area contributed by atoms with E-state index in [1.54, 1.807) is 0 Å². The number of hydrogen-bond acceptors (Lipinski definition) is 0. The predicted molar refractivity (Wildman–Crippen MR) is 61.8 cm³/mol. The first kappa shape index (κ1) is 12.8. The van der Waals surface area contributed by atoms with Gasteiger partial charge in [-0.2, -0.15) is 0 Å². The molecule has 2 heteroatoms. The first-order valence-corrected chi connectivity index (χ1v) is 5.44. The van der Waals surface area contributed by atoms with Gasteiger partial charge in [0, 0.05) is 10.0 Å². The van der Waals surface area contributed by atoms with Crippen LogP contribution in [0.3, 0.4) is 0 Å². The SMILES string of the molecule is CC.CCCc1c(Cl)cccc1Cl. The van der Waals surface area contributed by atoms with Gasteiger partial charge < -0.3 is 0 Å². The molecule has 0 heterocycles. The van der Waals surface area contributed by atoms with Gasteiger partial charge in [-0.25, -0.2) is 0 Å². The van der Waals surface area contributed by atoms with Crippen molar-refractivity contribution in [1.29, 1.82) is 0 Å². The summed E-state index contributed by atoms with van der Waals surface area (Å²) < 4.78 is 0. The molecule has 0 nitrogen and oxygen atoms in total. The maximum atomic E-state index is 5.92. The zero-order chi connectivity index (χ0) is 10.3. The van der Waals surface area contributed by atoms with Crippen LogP contribution in [-0.2, 0) is 6.42 Å². The average Bonchev–Trinajstić information content (AvgIpc) is 2.15. The zero-order valence-electron chi connectivity index (χ0n) is 8.40. The molecule has 0 aliphatic heterocycles. The fourth-order valence-electron chi connectivity index (χ4n) is 1.02. The topological polar surface area (TPSA) is 0 Å². The third-order valence-corrected chi connectivity index (χ3v) is 2.27. The van der Waals surface area contributed by atoms with Gasteiger partial charge in [0.2, 0.25) is 0 Å². The van der Waals surface area contributed by atoms with E-state index in [1.165, 1.54) is 0 Å². The molecule has 1 aromatic rings. The molecule has 0 saturated heterocycles. The van der Waals surface area contributed by atoms with Crippen LogP contribution in [0.2, 0.25) is 10.0 Å². The summed E-state index contributed by atoms with van der Waals surface area (Å²) in [5, 5.41) is 1.55. The van der Waals surface area contributed by atoms with E-state index in [4.69, 9.17) is 23.2 Å². The van der Waals surface area contributed by atoms with Crippen LogP contribution < -0.4 is 0 Å². The van der Waals surface area contributed by atoms with Crippen molar-refractivity contribution in [2.75, 3.05) is 0 Å². The van der Waals surface area contributed by atoms with Crippen molar-refractivity contribution >= 4 is 23.2 Å². The van der Waals surface area contributed by atoms with Crippen LogP contribution in [0, 0.1) is 0 Å². The molecule has 0 amide bonds. The minimum absolute atomic E-state index is 0.777. The minimum atomic E-state index is 0.777. The zero-order valence-corrected chi connectivity index (χ0v) is 9.91. The highest BCUT2D eigenvalue weighted by Crippen LogP contribution is 2.25. The number of halogens is 2. The number of benzene rings is 1. The summed E-state index contributed by atoms with van der Waals surface area (Å²) in [5.41, 5.74) is 1.07. The molecule has 0 bridgehead atoms. The standard InChI is InChI=1S/C9H10Cl2.C2H6/c1-2-4-7-8(10)5-3-6-9(7)11;1-2/h3,5-6H,2,4H2,1H3;1-2H3. The van der Waals surface area contributed by atoms with Gasteiger partial charge in [-0.3, -0.25) is 0 Å². The molecule has 0 unspecified atom stereocenters. The Morgan fingerprint density at radius 1 is 1.08 bits per heavy atom. The van der Waals surface area contributed by atoms with Crippen LogP contribution in [0.4, 0.5) is 0 Å². The minimum Gasteiger partial charge on any atom is -0.0840 e. The molecular formula is C11H16Cl2. The molecule has 0 saturated carbocycles. The summed E-state index contributed by atoms with van der Waals surface area (Å²) in [4.78, 5) is 0. The fraction of sp³-hybridized carbons (Fsp3) is 0.455. The molecule has 0 atom stereocenters. The lowest BCUT2D eigenvalue weighted by Gasteiger charge is -2.03. The van der Waals surface area contributed by atoms with E-state index in [-0.39, 0.29) is 0 Å². The van der Waals surface area contributed by atoms with Crippen molar-refractivity contribution in [3.8, 4) is 0 Å². The lowest BCUT2D eigenvalue weighted by atomic mass is 10.1. The number of hydrogen-bond donors (Lipinski definition) is 0. The van der Waals surface area contributed by atoms with Gasteiger partial charge in [0.05, 0.1) is 0 Å². The van der Waals surface area contributed by atoms with E-state index in [9.17, 15) is 0 Å². The second kappa shape index (κ2) is 7.23. The Morgan fingerprint density at radius 3 is 1.92 bits per heavy atom. The van der Waals surface area contributed by atoms with E-state index in [2.05, 4.69) is 6.92 Å².